The van der Waals surface area contributed by atoms with Crippen LogP contribution >= 0.6 is 21.6 Å². The van der Waals surface area contributed by atoms with Crippen LogP contribution in [0.4, 0.5) is 0 Å². The molecule has 1 rings (SSSR count). The lowest BCUT2D eigenvalue weighted by atomic mass is 9.79. The highest BCUT2D eigenvalue weighted by Crippen LogP contribution is 2.47. The molecule has 68 valence electrons. The molecule has 0 aliphatic carbocycles. The second-order valence-corrected chi connectivity index (χ2v) is 6.84. The van der Waals surface area contributed by atoms with Crippen molar-refractivity contribution in [1.29, 1.82) is 0 Å². The van der Waals surface area contributed by atoms with Crippen LogP contribution in [0.1, 0.15) is 39.5 Å². The second-order valence-electron chi connectivity index (χ2n) is 4.01. The number of hydrogen-bond donors (Lipinski definition) is 0. The number of rotatable bonds is 4. The molecule has 0 saturated carbocycles. The minimum absolute atomic E-state index is 0.111. The summed E-state index contributed by atoms with van der Waals surface area (Å²) in [6, 6.07) is 0. The van der Waals surface area contributed by atoms with Crippen LogP contribution < -0.4 is 0 Å². The molecule has 12 heavy (non-hydrogen) atoms. The smallest absolute Gasteiger partial charge is 0.0905 e. The van der Waals surface area contributed by atoms with E-state index in [-0.39, 0.29) is 4.65 Å². The lowest BCUT2D eigenvalue weighted by Crippen LogP contribution is -2.21. The third-order valence-corrected chi connectivity index (χ3v) is 5.29. The molecule has 0 N–H and O–H groups in total. The fourth-order valence-corrected chi connectivity index (χ4v) is 4.40. The Kier molecular flexibility index (Phi) is 4.38. The first-order valence-electron chi connectivity index (χ1n) is 4.72. The lowest BCUT2D eigenvalue weighted by molar-refractivity contribution is 0.519. The first kappa shape index (κ1) is 10.8. The van der Waals surface area contributed by atoms with Gasteiger partial charge in [-0.05, 0) is 23.4 Å². The summed E-state index contributed by atoms with van der Waals surface area (Å²) in [6.45, 7) is 4.56. The van der Waals surface area contributed by atoms with Gasteiger partial charge in [0.1, 0.15) is 0 Å². The average Bonchev–Trinajstić information content (AvgIpc) is 2.35. The zero-order chi connectivity index (χ0) is 9.03. The van der Waals surface area contributed by atoms with E-state index in [1.165, 1.54) is 31.4 Å². The summed E-state index contributed by atoms with van der Waals surface area (Å²) in [5.41, 5.74) is 0. The molecular weight excluding hydrogens is 183 g/mol. The van der Waals surface area contributed by atoms with E-state index in [9.17, 15) is 0 Å². The van der Waals surface area contributed by atoms with Crippen molar-refractivity contribution >= 4 is 29.4 Å². The molecular formula is C9H17BS2. The van der Waals surface area contributed by atoms with Gasteiger partial charge >= 0.3 is 0 Å². The molecule has 0 amide bonds. The highest BCUT2D eigenvalue weighted by Gasteiger charge is 2.28. The van der Waals surface area contributed by atoms with Crippen molar-refractivity contribution in [3.05, 3.63) is 0 Å². The molecule has 1 atom stereocenters. The third kappa shape index (κ3) is 3.65. The molecule has 1 aliphatic heterocycles. The third-order valence-electron chi connectivity index (χ3n) is 2.21. The fourth-order valence-electron chi connectivity index (χ4n) is 1.39. The zero-order valence-electron chi connectivity index (χ0n) is 8.01. The molecule has 0 unspecified atom stereocenters. The van der Waals surface area contributed by atoms with Gasteiger partial charge in [-0.2, -0.15) is 0 Å². The van der Waals surface area contributed by atoms with E-state index in [4.69, 9.17) is 7.85 Å². The summed E-state index contributed by atoms with van der Waals surface area (Å²) in [6.07, 6.45) is 5.01. The SMILES string of the molecule is [B][C@@]1(CCCC(C)C)CCSS1. The molecule has 0 aromatic rings. The molecule has 2 radical (unpaired) electrons. The minimum Gasteiger partial charge on any atom is -0.0971 e. The highest BCUT2D eigenvalue weighted by atomic mass is 33.1. The molecule has 1 heterocycles. The fraction of sp³-hybridized carbons (Fsp3) is 1.00. The van der Waals surface area contributed by atoms with Gasteiger partial charge in [-0.15, -0.1) is 0 Å². The molecule has 0 aromatic carbocycles. The van der Waals surface area contributed by atoms with Gasteiger partial charge in [0, 0.05) is 5.75 Å². The molecule has 0 nitrogen and oxygen atoms in total. The maximum Gasteiger partial charge on any atom is 0.0905 e. The van der Waals surface area contributed by atoms with Crippen molar-refractivity contribution in [2.24, 2.45) is 5.92 Å². The van der Waals surface area contributed by atoms with E-state index in [1.54, 1.807) is 0 Å². The van der Waals surface area contributed by atoms with E-state index < -0.39 is 0 Å². The summed E-state index contributed by atoms with van der Waals surface area (Å²) in [5, 5.41) is 0. The maximum atomic E-state index is 6.19. The second kappa shape index (κ2) is 4.85. The van der Waals surface area contributed by atoms with Crippen molar-refractivity contribution in [3.63, 3.8) is 0 Å². The molecule has 3 heteroatoms. The molecule has 1 fully saturated rings. The first-order chi connectivity index (χ1) is 5.62. The van der Waals surface area contributed by atoms with Gasteiger partial charge in [-0.3, -0.25) is 0 Å². The summed E-state index contributed by atoms with van der Waals surface area (Å²) < 4.78 is 0.111. The monoisotopic (exact) mass is 200 g/mol. The Morgan fingerprint density at radius 2 is 2.25 bits per heavy atom. The van der Waals surface area contributed by atoms with Crippen LogP contribution in [-0.2, 0) is 0 Å². The van der Waals surface area contributed by atoms with Gasteiger partial charge in [0.2, 0.25) is 0 Å². The molecule has 0 bridgehead atoms. The van der Waals surface area contributed by atoms with Crippen LogP contribution in [0.3, 0.4) is 0 Å². The van der Waals surface area contributed by atoms with Crippen LogP contribution in [-0.4, -0.2) is 18.2 Å². The van der Waals surface area contributed by atoms with Crippen molar-refractivity contribution in [1.82, 2.24) is 0 Å². The van der Waals surface area contributed by atoms with Crippen molar-refractivity contribution in [3.8, 4) is 0 Å². The number of hydrogen-bond acceptors (Lipinski definition) is 2. The van der Waals surface area contributed by atoms with Gasteiger partial charge in [0.25, 0.3) is 0 Å². The highest BCUT2D eigenvalue weighted by molar-refractivity contribution is 8.78. The van der Waals surface area contributed by atoms with Crippen LogP contribution in [0.2, 0.25) is 0 Å². The lowest BCUT2D eigenvalue weighted by Gasteiger charge is -2.21. The van der Waals surface area contributed by atoms with Gasteiger partial charge in [0.05, 0.1) is 7.85 Å². The van der Waals surface area contributed by atoms with E-state index in [0.717, 1.165) is 5.92 Å². The Balaban J connectivity index is 2.13. The standard InChI is InChI=1S/C9H17BS2/c1-8(2)4-3-5-9(10)6-7-11-12-9/h8H,3-7H2,1-2H3/t9-/m1/s1. The van der Waals surface area contributed by atoms with Gasteiger partial charge in [-0.1, -0.05) is 48.3 Å². The van der Waals surface area contributed by atoms with Gasteiger partial charge in [0.15, 0.2) is 0 Å². The molecule has 1 saturated heterocycles. The summed E-state index contributed by atoms with van der Waals surface area (Å²) in [5.74, 6) is 2.07. The van der Waals surface area contributed by atoms with Crippen LogP contribution in [0, 0.1) is 5.92 Å². The summed E-state index contributed by atoms with van der Waals surface area (Å²) >= 11 is 0. The molecule has 1 aliphatic rings. The Hall–Kier alpha value is 0.765. The van der Waals surface area contributed by atoms with Crippen LogP contribution in [0.25, 0.3) is 0 Å². The maximum absolute atomic E-state index is 6.19. The molecule has 0 aromatic heterocycles. The summed E-state index contributed by atoms with van der Waals surface area (Å²) in [4.78, 5) is 0. The molecule has 0 spiro atoms. The van der Waals surface area contributed by atoms with Crippen LogP contribution in [0.5, 0.6) is 0 Å². The Bertz CT molecular complexity index is 130. The van der Waals surface area contributed by atoms with Crippen LogP contribution in [0.15, 0.2) is 0 Å². The predicted molar refractivity (Wildman–Crippen MR) is 61.8 cm³/mol. The van der Waals surface area contributed by atoms with E-state index in [1.807, 2.05) is 21.6 Å². The summed E-state index contributed by atoms with van der Waals surface area (Å²) in [7, 11) is 10.0. The van der Waals surface area contributed by atoms with E-state index in [2.05, 4.69) is 13.8 Å². The topological polar surface area (TPSA) is 0 Å². The minimum atomic E-state index is 0.111. The normalized spacial score (nSPS) is 29.9. The first-order valence-corrected chi connectivity index (χ1v) is 7.04. The largest absolute Gasteiger partial charge is 0.0971 e. The average molecular weight is 200 g/mol. The Morgan fingerprint density at radius 3 is 2.75 bits per heavy atom. The Morgan fingerprint density at radius 1 is 1.50 bits per heavy atom. The van der Waals surface area contributed by atoms with Crippen molar-refractivity contribution in [2.75, 3.05) is 5.75 Å². The van der Waals surface area contributed by atoms with E-state index in [0.29, 0.717) is 0 Å². The van der Waals surface area contributed by atoms with Crippen molar-refractivity contribution < 1.29 is 0 Å². The van der Waals surface area contributed by atoms with Gasteiger partial charge in [-0.25, -0.2) is 0 Å². The van der Waals surface area contributed by atoms with E-state index >= 15 is 0 Å². The van der Waals surface area contributed by atoms with Gasteiger partial charge < -0.3 is 0 Å². The van der Waals surface area contributed by atoms with Crippen molar-refractivity contribution in [2.45, 2.75) is 44.2 Å². The quantitative estimate of drug-likeness (QED) is 0.503. The predicted octanol–water partition coefficient (Wildman–Crippen LogP) is 3.46. The Labute approximate surface area is 85.5 Å². The zero-order valence-corrected chi connectivity index (χ0v) is 9.64.